The Hall–Kier alpha value is -1.40. The number of ether oxygens (including phenoxy) is 1. The first kappa shape index (κ1) is 65.6. The number of hydrogen-bond acceptors (Lipinski definition) is 5. The largest absolute Gasteiger partial charge is 0.466 e. The first-order chi connectivity index (χ1) is 33.0. The molecule has 0 radical (unpaired) electrons. The molecule has 0 aliphatic heterocycles. The van der Waals surface area contributed by atoms with Gasteiger partial charge in [0.25, 0.3) is 0 Å². The lowest BCUT2D eigenvalue weighted by atomic mass is 10.0. The molecule has 0 heterocycles. The Labute approximate surface area is 419 Å². The summed E-state index contributed by atoms with van der Waals surface area (Å²) in [5.41, 5.74) is 0. The van der Waals surface area contributed by atoms with Gasteiger partial charge in [0.1, 0.15) is 0 Å². The number of aliphatic hydroxyl groups is 2. The van der Waals surface area contributed by atoms with Crippen molar-refractivity contribution < 1.29 is 24.5 Å². The van der Waals surface area contributed by atoms with Crippen LogP contribution in [0.1, 0.15) is 341 Å². The molecule has 0 bridgehead atoms. The zero-order valence-corrected chi connectivity index (χ0v) is 45.4. The van der Waals surface area contributed by atoms with Gasteiger partial charge >= 0.3 is 5.97 Å². The molecule has 0 aliphatic rings. The number of nitrogens with one attached hydrogen (secondary N) is 1. The number of esters is 1. The fourth-order valence-electron chi connectivity index (χ4n) is 9.64. The minimum absolute atomic E-state index is 0.0139. The highest BCUT2D eigenvalue weighted by Gasteiger charge is 2.18. The number of allylic oxidation sites excluding steroid dienone is 1. The molecule has 0 aromatic carbocycles. The monoisotopic (exact) mass is 946 g/mol. The summed E-state index contributed by atoms with van der Waals surface area (Å²) >= 11 is 0. The molecule has 0 rings (SSSR count). The maximum atomic E-state index is 12.5. The number of carbonyl (C=O) groups excluding carboxylic acids is 2. The smallest absolute Gasteiger partial charge is 0.305 e. The first-order valence-corrected chi connectivity index (χ1v) is 30.5. The molecule has 398 valence electrons. The molecule has 2 atom stereocenters. The van der Waals surface area contributed by atoms with Crippen LogP contribution in [-0.2, 0) is 14.3 Å². The van der Waals surface area contributed by atoms with Crippen molar-refractivity contribution in [1.82, 2.24) is 5.32 Å². The standard InChI is InChI=1S/C61H119NO5/c1-3-5-7-9-11-13-15-17-19-27-31-35-39-43-47-51-55-61(66)67-56-52-48-44-40-36-32-28-25-23-21-20-22-24-26-30-34-38-42-46-50-54-60(65)62-58(57-63)59(64)53-49-45-41-37-33-29-18-16-14-12-10-8-6-4-2/h49,53,58-59,63-64H,3-48,50-52,54-57H2,1-2H3,(H,62,65)/b53-49+. The molecule has 0 aromatic heterocycles. The molecule has 0 aliphatic carbocycles. The topological polar surface area (TPSA) is 95.9 Å². The van der Waals surface area contributed by atoms with E-state index in [9.17, 15) is 19.8 Å². The van der Waals surface area contributed by atoms with Crippen molar-refractivity contribution in [1.29, 1.82) is 0 Å². The van der Waals surface area contributed by atoms with Crippen molar-refractivity contribution in [2.75, 3.05) is 13.2 Å². The van der Waals surface area contributed by atoms with Gasteiger partial charge in [0.15, 0.2) is 0 Å². The average Bonchev–Trinajstić information content (AvgIpc) is 3.33. The quantitative estimate of drug-likeness (QED) is 0.0321. The summed E-state index contributed by atoms with van der Waals surface area (Å²) in [4.78, 5) is 24.5. The molecule has 0 spiro atoms. The predicted octanol–water partition coefficient (Wildman–Crippen LogP) is 18.9. The summed E-state index contributed by atoms with van der Waals surface area (Å²) in [7, 11) is 0. The molecule has 6 heteroatoms. The van der Waals surface area contributed by atoms with Crippen LogP contribution < -0.4 is 5.32 Å². The number of hydrogen-bond donors (Lipinski definition) is 3. The lowest BCUT2D eigenvalue weighted by molar-refractivity contribution is -0.143. The van der Waals surface area contributed by atoms with E-state index in [-0.39, 0.29) is 18.5 Å². The van der Waals surface area contributed by atoms with E-state index in [4.69, 9.17) is 4.74 Å². The van der Waals surface area contributed by atoms with Crippen molar-refractivity contribution in [3.63, 3.8) is 0 Å². The number of aliphatic hydroxyl groups excluding tert-OH is 2. The molecule has 3 N–H and O–H groups in total. The van der Waals surface area contributed by atoms with E-state index in [2.05, 4.69) is 19.2 Å². The van der Waals surface area contributed by atoms with Gasteiger partial charge in [0, 0.05) is 12.8 Å². The van der Waals surface area contributed by atoms with Crippen LogP contribution in [0.4, 0.5) is 0 Å². The average molecular weight is 947 g/mol. The number of carbonyl (C=O) groups is 2. The minimum Gasteiger partial charge on any atom is -0.466 e. The molecule has 1 amide bonds. The molecule has 0 aromatic rings. The summed E-state index contributed by atoms with van der Waals surface area (Å²) < 4.78 is 5.49. The van der Waals surface area contributed by atoms with E-state index in [1.54, 1.807) is 6.08 Å². The third-order valence-electron chi connectivity index (χ3n) is 14.3. The van der Waals surface area contributed by atoms with Gasteiger partial charge in [0.2, 0.25) is 5.91 Å². The van der Waals surface area contributed by atoms with Crippen LogP contribution in [0.5, 0.6) is 0 Å². The zero-order chi connectivity index (χ0) is 48.6. The minimum atomic E-state index is -0.844. The van der Waals surface area contributed by atoms with Crippen LogP contribution in [0, 0.1) is 0 Å². The lowest BCUT2D eigenvalue weighted by Crippen LogP contribution is -2.45. The maximum Gasteiger partial charge on any atom is 0.305 e. The normalized spacial score (nSPS) is 12.6. The highest BCUT2D eigenvalue weighted by atomic mass is 16.5. The predicted molar refractivity (Wildman–Crippen MR) is 292 cm³/mol. The Balaban J connectivity index is 3.39. The second kappa shape index (κ2) is 57.2. The van der Waals surface area contributed by atoms with E-state index in [0.29, 0.717) is 19.4 Å². The molecule has 2 unspecified atom stereocenters. The third-order valence-corrected chi connectivity index (χ3v) is 14.3. The lowest BCUT2D eigenvalue weighted by Gasteiger charge is -2.20. The van der Waals surface area contributed by atoms with Crippen molar-refractivity contribution in [3.05, 3.63) is 12.2 Å². The Bertz CT molecular complexity index is 1000. The van der Waals surface area contributed by atoms with Gasteiger partial charge in [-0.25, -0.2) is 0 Å². The van der Waals surface area contributed by atoms with E-state index < -0.39 is 12.1 Å². The second-order valence-corrected chi connectivity index (χ2v) is 21.0. The van der Waals surface area contributed by atoms with E-state index >= 15 is 0 Å². The van der Waals surface area contributed by atoms with E-state index in [1.165, 1.54) is 276 Å². The summed E-state index contributed by atoms with van der Waals surface area (Å²) in [6, 6.07) is -0.628. The van der Waals surface area contributed by atoms with Crippen LogP contribution in [0.3, 0.4) is 0 Å². The maximum absolute atomic E-state index is 12.5. The highest BCUT2D eigenvalue weighted by molar-refractivity contribution is 5.76. The summed E-state index contributed by atoms with van der Waals surface area (Å²) in [5, 5.41) is 23.1. The van der Waals surface area contributed by atoms with Gasteiger partial charge in [-0.3, -0.25) is 9.59 Å². The molecular weight excluding hydrogens is 827 g/mol. The van der Waals surface area contributed by atoms with Crippen LogP contribution in [-0.4, -0.2) is 47.4 Å². The van der Waals surface area contributed by atoms with Crippen LogP contribution in [0.25, 0.3) is 0 Å². The van der Waals surface area contributed by atoms with Gasteiger partial charge in [-0.15, -0.1) is 0 Å². The van der Waals surface area contributed by atoms with Gasteiger partial charge < -0.3 is 20.3 Å². The number of rotatable bonds is 57. The van der Waals surface area contributed by atoms with Crippen molar-refractivity contribution >= 4 is 11.9 Å². The Morgan fingerprint density at radius 3 is 1.01 bits per heavy atom. The zero-order valence-electron chi connectivity index (χ0n) is 45.4. The fourth-order valence-corrected chi connectivity index (χ4v) is 9.64. The summed E-state index contributed by atoms with van der Waals surface area (Å²) in [5.74, 6) is -0.0541. The second-order valence-electron chi connectivity index (χ2n) is 21.0. The first-order valence-electron chi connectivity index (χ1n) is 30.5. The van der Waals surface area contributed by atoms with Crippen LogP contribution in [0.15, 0.2) is 12.2 Å². The summed E-state index contributed by atoms with van der Waals surface area (Å²) in [6.07, 6.45) is 68.1. The van der Waals surface area contributed by atoms with Crippen molar-refractivity contribution in [2.45, 2.75) is 353 Å². The van der Waals surface area contributed by atoms with Crippen LogP contribution in [0.2, 0.25) is 0 Å². The Morgan fingerprint density at radius 1 is 0.403 bits per heavy atom. The van der Waals surface area contributed by atoms with Crippen molar-refractivity contribution in [2.24, 2.45) is 0 Å². The van der Waals surface area contributed by atoms with E-state index in [1.807, 2.05) is 6.08 Å². The molecular formula is C61H119NO5. The fraction of sp³-hybridized carbons (Fsp3) is 0.934. The van der Waals surface area contributed by atoms with Crippen LogP contribution >= 0.6 is 0 Å². The van der Waals surface area contributed by atoms with Gasteiger partial charge in [-0.1, -0.05) is 309 Å². The van der Waals surface area contributed by atoms with Gasteiger partial charge in [-0.05, 0) is 32.1 Å². The SMILES string of the molecule is CCCCCCCCCCCCCC/C=C/C(O)C(CO)NC(=O)CCCCCCCCCCCCCCCCCCCCCCOC(=O)CCCCCCCCCCCCCCCCCC. The van der Waals surface area contributed by atoms with Gasteiger partial charge in [-0.2, -0.15) is 0 Å². The molecule has 0 fully saturated rings. The summed E-state index contributed by atoms with van der Waals surface area (Å²) in [6.45, 7) is 4.92. The third kappa shape index (κ3) is 53.8. The Kier molecular flexibility index (Phi) is 56.0. The van der Waals surface area contributed by atoms with Crippen molar-refractivity contribution in [3.8, 4) is 0 Å². The molecule has 0 saturated carbocycles. The van der Waals surface area contributed by atoms with Gasteiger partial charge in [0.05, 0.1) is 25.4 Å². The Morgan fingerprint density at radius 2 is 0.687 bits per heavy atom. The molecule has 6 nitrogen and oxygen atoms in total. The molecule has 67 heavy (non-hydrogen) atoms. The number of amides is 1. The molecule has 0 saturated heterocycles. The highest BCUT2D eigenvalue weighted by Crippen LogP contribution is 2.18. The van der Waals surface area contributed by atoms with E-state index in [0.717, 1.165) is 38.5 Å². The number of unbranched alkanes of at least 4 members (excludes halogenated alkanes) is 46.